The predicted octanol–water partition coefficient (Wildman–Crippen LogP) is 3.19. The number of benzene rings is 1. The molecule has 4 rings (SSSR count). The van der Waals surface area contributed by atoms with Crippen LogP contribution in [0.15, 0.2) is 23.0 Å². The summed E-state index contributed by atoms with van der Waals surface area (Å²) < 4.78 is 64.7. The molecule has 26 heavy (non-hydrogen) atoms. The van der Waals surface area contributed by atoms with E-state index in [9.17, 15) is 22.4 Å². The van der Waals surface area contributed by atoms with Gasteiger partial charge in [0.25, 0.3) is 5.56 Å². The highest BCUT2D eigenvalue weighted by atomic mass is 19.4. The van der Waals surface area contributed by atoms with Gasteiger partial charge < -0.3 is 9.47 Å². The molecular weight excluding hydrogens is 356 g/mol. The van der Waals surface area contributed by atoms with Gasteiger partial charge >= 0.3 is 6.18 Å². The smallest absolute Gasteiger partial charge is 0.421 e. The monoisotopic (exact) mass is 370 g/mol. The van der Waals surface area contributed by atoms with Gasteiger partial charge in [0.15, 0.2) is 6.79 Å². The molecule has 1 saturated carbocycles. The summed E-state index contributed by atoms with van der Waals surface area (Å²) in [6.07, 6.45) is -3.31. The van der Waals surface area contributed by atoms with Crippen molar-refractivity contribution in [3.05, 3.63) is 56.8 Å². The molecule has 0 N–H and O–H groups in total. The number of rotatable bonds is 3. The zero-order valence-electron chi connectivity index (χ0n) is 13.5. The third kappa shape index (κ3) is 3.18. The standard InChI is InChI=1S/C17H14F4N2O3/c18-12-3-10(15-11(4-12)7-25-8-26-15)6-23-16(24)13(17(19,20)21)5-14(22-23)9-1-2-9/h3-5,9H,1-2,6-8H2. The SMILES string of the molecule is O=c1c(C(F)(F)F)cc(C2CC2)nn1Cc1cc(F)cc2c1OCOC2. The van der Waals surface area contributed by atoms with Gasteiger partial charge in [-0.05, 0) is 31.0 Å². The van der Waals surface area contributed by atoms with E-state index >= 15 is 0 Å². The number of alkyl halides is 3. The van der Waals surface area contributed by atoms with Gasteiger partial charge in [0.1, 0.15) is 17.1 Å². The maximum atomic E-state index is 13.8. The molecule has 9 heteroatoms. The van der Waals surface area contributed by atoms with Crippen molar-refractivity contribution in [2.75, 3.05) is 6.79 Å². The molecule has 0 atom stereocenters. The molecule has 0 radical (unpaired) electrons. The van der Waals surface area contributed by atoms with Crippen LogP contribution in [-0.4, -0.2) is 16.6 Å². The van der Waals surface area contributed by atoms with E-state index in [1.54, 1.807) is 0 Å². The predicted molar refractivity (Wildman–Crippen MR) is 81.3 cm³/mol. The third-order valence-corrected chi connectivity index (χ3v) is 4.37. The normalized spacial score (nSPS) is 16.9. The number of fused-ring (bicyclic) bond motifs is 1. The van der Waals surface area contributed by atoms with E-state index < -0.39 is 23.1 Å². The summed E-state index contributed by atoms with van der Waals surface area (Å²) in [5.41, 5.74) is -1.60. The average molecular weight is 370 g/mol. The van der Waals surface area contributed by atoms with Crippen molar-refractivity contribution in [1.29, 1.82) is 0 Å². The number of ether oxygens (including phenoxy) is 2. The molecule has 1 aromatic heterocycles. The highest BCUT2D eigenvalue weighted by molar-refractivity contribution is 5.42. The molecule has 0 spiro atoms. The van der Waals surface area contributed by atoms with Gasteiger partial charge in [-0.2, -0.15) is 18.3 Å². The summed E-state index contributed by atoms with van der Waals surface area (Å²) in [4.78, 5) is 12.3. The highest BCUT2D eigenvalue weighted by Gasteiger charge is 2.37. The van der Waals surface area contributed by atoms with Gasteiger partial charge in [0.05, 0.1) is 18.8 Å². The number of aromatic nitrogens is 2. The lowest BCUT2D eigenvalue weighted by Gasteiger charge is -2.21. The van der Waals surface area contributed by atoms with Gasteiger partial charge in [0, 0.05) is 17.0 Å². The number of nitrogens with zero attached hydrogens (tertiary/aromatic N) is 2. The van der Waals surface area contributed by atoms with E-state index in [2.05, 4.69) is 5.10 Å². The molecule has 0 bridgehead atoms. The van der Waals surface area contributed by atoms with E-state index in [-0.39, 0.29) is 37.1 Å². The summed E-state index contributed by atoms with van der Waals surface area (Å²) in [5, 5.41) is 4.08. The Bertz CT molecular complexity index is 919. The minimum absolute atomic E-state index is 0.0517. The molecule has 2 heterocycles. The second-order valence-corrected chi connectivity index (χ2v) is 6.38. The highest BCUT2D eigenvalue weighted by Crippen LogP contribution is 2.40. The van der Waals surface area contributed by atoms with Gasteiger partial charge in [-0.15, -0.1) is 0 Å². The molecule has 1 fully saturated rings. The van der Waals surface area contributed by atoms with Crippen molar-refractivity contribution >= 4 is 0 Å². The molecule has 0 saturated heterocycles. The summed E-state index contributed by atoms with van der Waals surface area (Å²) in [7, 11) is 0. The van der Waals surface area contributed by atoms with Crippen LogP contribution >= 0.6 is 0 Å². The Labute approximate surface area is 145 Å². The summed E-state index contributed by atoms with van der Waals surface area (Å²) >= 11 is 0. The minimum Gasteiger partial charge on any atom is -0.467 e. The van der Waals surface area contributed by atoms with Crippen LogP contribution in [0.25, 0.3) is 0 Å². The first-order valence-electron chi connectivity index (χ1n) is 8.04. The van der Waals surface area contributed by atoms with Crippen molar-refractivity contribution in [3.63, 3.8) is 0 Å². The number of hydrogen-bond acceptors (Lipinski definition) is 4. The first kappa shape index (κ1) is 17.0. The van der Waals surface area contributed by atoms with Crippen LogP contribution in [0.4, 0.5) is 17.6 Å². The lowest BCUT2D eigenvalue weighted by atomic mass is 10.1. The quantitative estimate of drug-likeness (QED) is 0.779. The Hall–Kier alpha value is -2.42. The first-order chi connectivity index (χ1) is 12.3. The summed E-state index contributed by atoms with van der Waals surface area (Å²) in [5.74, 6) is -0.346. The van der Waals surface area contributed by atoms with Crippen molar-refractivity contribution in [2.24, 2.45) is 0 Å². The largest absolute Gasteiger partial charge is 0.467 e. The molecule has 1 aromatic carbocycles. The second-order valence-electron chi connectivity index (χ2n) is 6.38. The molecule has 0 amide bonds. The second kappa shape index (κ2) is 6.08. The van der Waals surface area contributed by atoms with Crippen LogP contribution in [0.5, 0.6) is 5.75 Å². The molecule has 1 aliphatic carbocycles. The van der Waals surface area contributed by atoms with E-state index in [1.807, 2.05) is 0 Å². The maximum Gasteiger partial charge on any atom is 0.421 e. The van der Waals surface area contributed by atoms with Gasteiger partial charge in [0.2, 0.25) is 0 Å². The maximum absolute atomic E-state index is 13.8. The third-order valence-electron chi connectivity index (χ3n) is 4.37. The number of hydrogen-bond donors (Lipinski definition) is 0. The molecule has 2 aliphatic rings. The molecule has 5 nitrogen and oxygen atoms in total. The minimum atomic E-state index is -4.78. The Balaban J connectivity index is 1.81. The van der Waals surface area contributed by atoms with E-state index in [0.717, 1.165) is 29.7 Å². The Kier molecular flexibility index (Phi) is 3.98. The van der Waals surface area contributed by atoms with Crippen LogP contribution in [0.1, 0.15) is 41.1 Å². The van der Waals surface area contributed by atoms with Gasteiger partial charge in [-0.3, -0.25) is 4.79 Å². The lowest BCUT2D eigenvalue weighted by Crippen LogP contribution is -2.32. The van der Waals surface area contributed by atoms with Crippen molar-refractivity contribution in [2.45, 2.75) is 38.1 Å². The zero-order chi connectivity index (χ0) is 18.5. The molecular formula is C17H14F4N2O3. The molecule has 2 aromatic rings. The molecule has 1 aliphatic heterocycles. The lowest BCUT2D eigenvalue weighted by molar-refractivity contribution is -0.139. The van der Waals surface area contributed by atoms with Gasteiger partial charge in [-0.25, -0.2) is 9.07 Å². The number of halogens is 4. The fourth-order valence-electron chi connectivity index (χ4n) is 2.99. The molecule has 0 unspecified atom stereocenters. The van der Waals surface area contributed by atoms with Crippen LogP contribution in [-0.2, 0) is 24.1 Å². The zero-order valence-corrected chi connectivity index (χ0v) is 13.5. The first-order valence-corrected chi connectivity index (χ1v) is 8.04. The average Bonchev–Trinajstić information content (AvgIpc) is 3.40. The van der Waals surface area contributed by atoms with E-state index in [4.69, 9.17) is 9.47 Å². The molecule has 138 valence electrons. The van der Waals surface area contributed by atoms with Crippen molar-refractivity contribution in [1.82, 2.24) is 9.78 Å². The topological polar surface area (TPSA) is 53.4 Å². The fraction of sp³-hybridized carbons (Fsp3) is 0.412. The van der Waals surface area contributed by atoms with Crippen LogP contribution < -0.4 is 10.3 Å². The van der Waals surface area contributed by atoms with Crippen LogP contribution in [0.3, 0.4) is 0 Å². The Morgan fingerprint density at radius 2 is 2.00 bits per heavy atom. The fourth-order valence-corrected chi connectivity index (χ4v) is 2.99. The van der Waals surface area contributed by atoms with Crippen LogP contribution in [0.2, 0.25) is 0 Å². The van der Waals surface area contributed by atoms with E-state index in [0.29, 0.717) is 11.3 Å². The van der Waals surface area contributed by atoms with Crippen molar-refractivity contribution < 1.29 is 27.0 Å². The Morgan fingerprint density at radius 1 is 1.23 bits per heavy atom. The van der Waals surface area contributed by atoms with Gasteiger partial charge in [-0.1, -0.05) is 0 Å². The summed E-state index contributed by atoms with van der Waals surface area (Å²) in [6, 6.07) is 3.19. The van der Waals surface area contributed by atoms with Crippen molar-refractivity contribution in [3.8, 4) is 5.75 Å². The summed E-state index contributed by atoms with van der Waals surface area (Å²) in [6.45, 7) is -0.245. The Morgan fingerprint density at radius 3 is 2.69 bits per heavy atom. The van der Waals surface area contributed by atoms with E-state index in [1.165, 1.54) is 6.07 Å². The van der Waals surface area contributed by atoms with Crippen LogP contribution in [0, 0.1) is 5.82 Å².